The van der Waals surface area contributed by atoms with Gasteiger partial charge >= 0.3 is 0 Å². The van der Waals surface area contributed by atoms with Gasteiger partial charge in [0.15, 0.2) is 0 Å². The molecule has 19 heavy (non-hydrogen) atoms. The van der Waals surface area contributed by atoms with Gasteiger partial charge in [-0.25, -0.2) is 9.97 Å². The number of hydrogen-bond donors (Lipinski definition) is 1. The highest BCUT2D eigenvalue weighted by Crippen LogP contribution is 2.22. The monoisotopic (exact) mass is 275 g/mol. The molecule has 0 saturated heterocycles. The summed E-state index contributed by atoms with van der Waals surface area (Å²) in [7, 11) is 0. The molecule has 4 heteroatoms. The molecular formula is C15H18ClN3. The first kappa shape index (κ1) is 14.0. The third kappa shape index (κ3) is 4.01. The van der Waals surface area contributed by atoms with Crippen molar-refractivity contribution in [3.63, 3.8) is 0 Å². The van der Waals surface area contributed by atoms with Crippen molar-refractivity contribution in [2.24, 2.45) is 0 Å². The van der Waals surface area contributed by atoms with Gasteiger partial charge in [0.05, 0.1) is 0 Å². The number of benzene rings is 1. The first-order chi connectivity index (χ1) is 9.31. The molecule has 2 rings (SSSR count). The summed E-state index contributed by atoms with van der Waals surface area (Å²) < 4.78 is 0. The Morgan fingerprint density at radius 2 is 1.95 bits per heavy atom. The van der Waals surface area contributed by atoms with Crippen LogP contribution in [0.5, 0.6) is 0 Å². The minimum Gasteiger partial charge on any atom is -0.310 e. The molecule has 0 fully saturated rings. The summed E-state index contributed by atoms with van der Waals surface area (Å²) in [4.78, 5) is 8.19. The summed E-state index contributed by atoms with van der Waals surface area (Å²) >= 11 is 6.23. The van der Waals surface area contributed by atoms with E-state index < -0.39 is 0 Å². The molecule has 0 saturated carbocycles. The number of rotatable bonds is 6. The molecule has 0 bridgehead atoms. The van der Waals surface area contributed by atoms with Crippen LogP contribution in [0.3, 0.4) is 0 Å². The molecule has 0 amide bonds. The number of nitrogens with one attached hydrogen (secondary N) is 1. The van der Waals surface area contributed by atoms with Gasteiger partial charge in [-0.3, -0.25) is 0 Å². The Labute approximate surface area is 119 Å². The number of nitrogens with zero attached hydrogens (tertiary/aromatic N) is 2. The van der Waals surface area contributed by atoms with E-state index in [9.17, 15) is 0 Å². The lowest BCUT2D eigenvalue weighted by Crippen LogP contribution is -2.24. The van der Waals surface area contributed by atoms with E-state index in [1.165, 1.54) is 0 Å². The van der Waals surface area contributed by atoms with Gasteiger partial charge in [0, 0.05) is 29.0 Å². The van der Waals surface area contributed by atoms with E-state index in [0.717, 1.165) is 35.5 Å². The minimum absolute atomic E-state index is 0.195. The zero-order valence-corrected chi connectivity index (χ0v) is 11.8. The minimum atomic E-state index is 0.195. The van der Waals surface area contributed by atoms with Crippen LogP contribution >= 0.6 is 11.6 Å². The molecule has 0 aliphatic carbocycles. The molecule has 100 valence electrons. The van der Waals surface area contributed by atoms with E-state index in [4.69, 9.17) is 11.6 Å². The molecule has 0 aliphatic rings. The van der Waals surface area contributed by atoms with E-state index in [2.05, 4.69) is 28.3 Å². The van der Waals surface area contributed by atoms with Crippen LogP contribution in [-0.2, 0) is 6.42 Å². The fraction of sp³-hybridized carbons (Fsp3) is 0.333. The smallest absolute Gasteiger partial charge is 0.115 e. The molecule has 1 heterocycles. The largest absolute Gasteiger partial charge is 0.310 e. The zero-order chi connectivity index (χ0) is 13.5. The highest BCUT2D eigenvalue weighted by atomic mass is 35.5. The summed E-state index contributed by atoms with van der Waals surface area (Å²) in [6.07, 6.45) is 7.20. The molecular weight excluding hydrogens is 258 g/mol. The Kier molecular flexibility index (Phi) is 5.31. The summed E-state index contributed by atoms with van der Waals surface area (Å²) in [5.41, 5.74) is 2.23. The average molecular weight is 276 g/mol. The van der Waals surface area contributed by atoms with Crippen LogP contribution in [-0.4, -0.2) is 16.5 Å². The van der Waals surface area contributed by atoms with Crippen LogP contribution in [0.2, 0.25) is 5.02 Å². The maximum Gasteiger partial charge on any atom is 0.115 e. The van der Waals surface area contributed by atoms with Crippen LogP contribution < -0.4 is 5.32 Å². The van der Waals surface area contributed by atoms with Crippen molar-refractivity contribution in [3.05, 3.63) is 59.1 Å². The number of hydrogen-bond acceptors (Lipinski definition) is 3. The van der Waals surface area contributed by atoms with Gasteiger partial charge in [-0.05, 0) is 31.0 Å². The predicted octanol–water partition coefficient (Wildman–Crippen LogP) is 3.41. The molecule has 0 aliphatic heterocycles. The Morgan fingerprint density at radius 3 is 2.63 bits per heavy atom. The van der Waals surface area contributed by atoms with Gasteiger partial charge in [0.25, 0.3) is 0 Å². The predicted molar refractivity (Wildman–Crippen MR) is 78.2 cm³/mol. The SMILES string of the molecule is CCCNC(Cc1ccccc1Cl)c1cncnc1. The fourth-order valence-corrected chi connectivity index (χ4v) is 2.21. The maximum absolute atomic E-state index is 6.23. The molecule has 1 atom stereocenters. The van der Waals surface area contributed by atoms with Crippen molar-refractivity contribution in [1.82, 2.24) is 15.3 Å². The maximum atomic E-state index is 6.23. The van der Waals surface area contributed by atoms with Crippen LogP contribution in [0.15, 0.2) is 43.0 Å². The third-order valence-electron chi connectivity index (χ3n) is 3.01. The summed E-state index contributed by atoms with van der Waals surface area (Å²) in [6.45, 7) is 3.12. The van der Waals surface area contributed by atoms with Gasteiger partial charge in [0.1, 0.15) is 6.33 Å². The Bertz CT molecular complexity index is 502. The second-order valence-corrected chi connectivity index (χ2v) is 4.88. The zero-order valence-electron chi connectivity index (χ0n) is 11.0. The second-order valence-electron chi connectivity index (χ2n) is 4.47. The normalized spacial score (nSPS) is 12.3. The second kappa shape index (κ2) is 7.22. The molecule has 0 radical (unpaired) electrons. The van der Waals surface area contributed by atoms with Crippen molar-refractivity contribution in [2.45, 2.75) is 25.8 Å². The lowest BCUT2D eigenvalue weighted by Gasteiger charge is -2.19. The Balaban J connectivity index is 2.17. The topological polar surface area (TPSA) is 37.8 Å². The van der Waals surface area contributed by atoms with Gasteiger partial charge in [-0.15, -0.1) is 0 Å². The molecule has 2 aromatic rings. The van der Waals surface area contributed by atoms with Gasteiger partial charge in [-0.2, -0.15) is 0 Å². The molecule has 1 aromatic carbocycles. The first-order valence-corrected chi connectivity index (χ1v) is 6.90. The summed E-state index contributed by atoms with van der Waals surface area (Å²) in [5.74, 6) is 0. The quantitative estimate of drug-likeness (QED) is 0.878. The van der Waals surface area contributed by atoms with Crippen LogP contribution in [0.1, 0.15) is 30.5 Å². The van der Waals surface area contributed by atoms with Crippen molar-refractivity contribution in [2.75, 3.05) is 6.54 Å². The molecule has 3 nitrogen and oxygen atoms in total. The summed E-state index contributed by atoms with van der Waals surface area (Å²) in [6, 6.07) is 8.15. The van der Waals surface area contributed by atoms with Gasteiger partial charge in [0.2, 0.25) is 0 Å². The van der Waals surface area contributed by atoms with E-state index in [1.807, 2.05) is 30.6 Å². The number of aromatic nitrogens is 2. The van der Waals surface area contributed by atoms with Crippen molar-refractivity contribution < 1.29 is 0 Å². The van der Waals surface area contributed by atoms with Crippen molar-refractivity contribution in [1.29, 1.82) is 0 Å². The van der Waals surface area contributed by atoms with Crippen molar-refractivity contribution in [3.8, 4) is 0 Å². The summed E-state index contributed by atoms with van der Waals surface area (Å²) in [5, 5.41) is 4.33. The molecule has 1 N–H and O–H groups in total. The fourth-order valence-electron chi connectivity index (χ4n) is 2.00. The molecule has 0 spiro atoms. The van der Waals surface area contributed by atoms with Crippen molar-refractivity contribution >= 4 is 11.6 Å². The van der Waals surface area contributed by atoms with Crippen LogP contribution in [0.25, 0.3) is 0 Å². The highest BCUT2D eigenvalue weighted by molar-refractivity contribution is 6.31. The van der Waals surface area contributed by atoms with Crippen LogP contribution in [0, 0.1) is 0 Å². The average Bonchev–Trinajstić information content (AvgIpc) is 2.46. The Morgan fingerprint density at radius 1 is 1.21 bits per heavy atom. The molecule has 1 unspecified atom stereocenters. The number of halogens is 1. The third-order valence-corrected chi connectivity index (χ3v) is 3.37. The van der Waals surface area contributed by atoms with Gasteiger partial charge in [-0.1, -0.05) is 36.7 Å². The molecule has 1 aromatic heterocycles. The van der Waals surface area contributed by atoms with E-state index in [1.54, 1.807) is 6.33 Å². The van der Waals surface area contributed by atoms with Gasteiger partial charge < -0.3 is 5.32 Å². The van der Waals surface area contributed by atoms with Crippen LogP contribution in [0.4, 0.5) is 0 Å². The standard InChI is InChI=1S/C15H18ClN3/c1-2-7-19-15(13-9-17-11-18-10-13)8-12-5-3-4-6-14(12)16/h3-6,9-11,15,19H,2,7-8H2,1H3. The first-order valence-electron chi connectivity index (χ1n) is 6.53. The lowest BCUT2D eigenvalue weighted by molar-refractivity contribution is 0.526. The Hall–Kier alpha value is -1.45. The van der Waals surface area contributed by atoms with E-state index >= 15 is 0 Å². The highest BCUT2D eigenvalue weighted by Gasteiger charge is 2.13. The lowest BCUT2D eigenvalue weighted by atomic mass is 10.0. The van der Waals surface area contributed by atoms with E-state index in [0.29, 0.717) is 0 Å². The van der Waals surface area contributed by atoms with E-state index in [-0.39, 0.29) is 6.04 Å².